The quantitative estimate of drug-likeness (QED) is 0.253. The number of nitrogens with one attached hydrogen (secondary N) is 1. The summed E-state index contributed by atoms with van der Waals surface area (Å²) in [5.41, 5.74) is 0. The topological polar surface area (TPSA) is 86.6 Å². The van der Waals surface area contributed by atoms with Gasteiger partial charge in [-0.1, -0.05) is 84.0 Å². The van der Waals surface area contributed by atoms with E-state index in [1.807, 2.05) is 0 Å². The molecule has 0 aromatic heterocycles. The fourth-order valence-corrected chi connectivity index (χ4v) is 3.20. The molecule has 5 nitrogen and oxygen atoms in total. The molecule has 0 saturated carbocycles. The Kier molecular flexibility index (Phi) is 16.2. The lowest BCUT2D eigenvalue weighted by atomic mass is 10.0. The molecular formula is C18H39NO4S. The van der Waals surface area contributed by atoms with Crippen LogP contribution in [0.2, 0.25) is 0 Å². The summed E-state index contributed by atoms with van der Waals surface area (Å²) in [7, 11) is -3.91. The van der Waals surface area contributed by atoms with E-state index < -0.39 is 16.2 Å². The third kappa shape index (κ3) is 19.9. The fraction of sp³-hybridized carbons (Fsp3) is 1.00. The molecule has 0 aliphatic heterocycles. The lowest BCUT2D eigenvalue weighted by Crippen LogP contribution is -2.30. The van der Waals surface area contributed by atoms with Crippen LogP contribution in [-0.2, 0) is 10.1 Å². The Morgan fingerprint density at radius 1 is 0.833 bits per heavy atom. The second-order valence-electron chi connectivity index (χ2n) is 6.82. The average molecular weight is 366 g/mol. The van der Waals surface area contributed by atoms with Crippen LogP contribution in [0.4, 0.5) is 0 Å². The third-order valence-electron chi connectivity index (χ3n) is 4.31. The first-order chi connectivity index (χ1) is 11.5. The standard InChI is InChI=1S/C18H39NO4S/c1-2-3-4-5-6-7-8-9-10-11-12-13-14-18(20)17-19-15-16-24(21,22)23/h18-20H,2-17H2,1H3,(H,21,22,23). The van der Waals surface area contributed by atoms with Crippen LogP contribution >= 0.6 is 0 Å². The summed E-state index contributed by atoms with van der Waals surface area (Å²) in [5, 5.41) is 12.6. The highest BCUT2D eigenvalue weighted by molar-refractivity contribution is 7.85. The molecule has 3 N–H and O–H groups in total. The first-order valence-electron chi connectivity index (χ1n) is 9.79. The highest BCUT2D eigenvalue weighted by Crippen LogP contribution is 2.12. The largest absolute Gasteiger partial charge is 0.392 e. The zero-order valence-corrected chi connectivity index (χ0v) is 16.3. The molecule has 0 aromatic rings. The molecule has 24 heavy (non-hydrogen) atoms. The Labute approximate surface area is 149 Å². The molecule has 0 fully saturated rings. The first-order valence-corrected chi connectivity index (χ1v) is 11.4. The number of rotatable bonds is 18. The Morgan fingerprint density at radius 3 is 1.75 bits per heavy atom. The summed E-state index contributed by atoms with van der Waals surface area (Å²) >= 11 is 0. The van der Waals surface area contributed by atoms with Crippen LogP contribution in [0.5, 0.6) is 0 Å². The van der Waals surface area contributed by atoms with E-state index >= 15 is 0 Å². The Balaban J connectivity index is 3.20. The lowest BCUT2D eigenvalue weighted by Gasteiger charge is -2.11. The minimum Gasteiger partial charge on any atom is -0.392 e. The smallest absolute Gasteiger partial charge is 0.266 e. The SMILES string of the molecule is CCCCCCCCCCCCCCC(O)CNCCS(=O)(=O)O. The fourth-order valence-electron chi connectivity index (χ4n) is 2.79. The van der Waals surface area contributed by atoms with Crippen LogP contribution in [0, 0.1) is 0 Å². The van der Waals surface area contributed by atoms with Crippen LogP contribution in [-0.4, -0.2) is 43.0 Å². The Morgan fingerprint density at radius 2 is 1.29 bits per heavy atom. The van der Waals surface area contributed by atoms with Gasteiger partial charge in [-0.25, -0.2) is 0 Å². The van der Waals surface area contributed by atoms with Crippen LogP contribution in [0.25, 0.3) is 0 Å². The summed E-state index contributed by atoms with van der Waals surface area (Å²) in [6.07, 6.45) is 15.9. The van der Waals surface area contributed by atoms with Gasteiger partial charge in [0.2, 0.25) is 0 Å². The summed E-state index contributed by atoms with van der Waals surface area (Å²) in [6, 6.07) is 0. The number of aliphatic hydroxyl groups excluding tert-OH is 1. The number of unbranched alkanes of at least 4 members (excludes halogenated alkanes) is 11. The van der Waals surface area contributed by atoms with Crippen molar-refractivity contribution in [1.82, 2.24) is 5.32 Å². The van der Waals surface area contributed by atoms with Gasteiger partial charge in [-0.3, -0.25) is 4.55 Å². The van der Waals surface area contributed by atoms with Crippen molar-refractivity contribution in [2.75, 3.05) is 18.8 Å². The summed E-state index contributed by atoms with van der Waals surface area (Å²) in [6.45, 7) is 2.81. The van der Waals surface area contributed by atoms with Crippen molar-refractivity contribution in [1.29, 1.82) is 0 Å². The molecule has 0 saturated heterocycles. The molecule has 0 rings (SSSR count). The van der Waals surface area contributed by atoms with Crippen molar-refractivity contribution >= 4 is 10.1 Å². The molecule has 0 aliphatic rings. The Bertz CT molecular complexity index is 360. The highest BCUT2D eigenvalue weighted by Gasteiger charge is 2.06. The van der Waals surface area contributed by atoms with Gasteiger partial charge in [0.1, 0.15) is 0 Å². The van der Waals surface area contributed by atoms with Crippen LogP contribution in [0.3, 0.4) is 0 Å². The van der Waals surface area contributed by atoms with Gasteiger partial charge in [0.15, 0.2) is 0 Å². The first kappa shape index (κ1) is 23.8. The van der Waals surface area contributed by atoms with E-state index in [1.54, 1.807) is 0 Å². The van der Waals surface area contributed by atoms with Gasteiger partial charge in [0.25, 0.3) is 10.1 Å². The van der Waals surface area contributed by atoms with Gasteiger partial charge < -0.3 is 10.4 Å². The van der Waals surface area contributed by atoms with Gasteiger partial charge >= 0.3 is 0 Å². The van der Waals surface area contributed by atoms with Crippen molar-refractivity contribution < 1.29 is 18.1 Å². The molecule has 0 aliphatic carbocycles. The van der Waals surface area contributed by atoms with Gasteiger partial charge in [-0.2, -0.15) is 8.42 Å². The molecule has 6 heteroatoms. The normalized spacial score (nSPS) is 13.3. The minimum absolute atomic E-state index is 0.175. The maximum atomic E-state index is 10.5. The number of hydrogen-bond acceptors (Lipinski definition) is 4. The molecule has 1 unspecified atom stereocenters. The van der Waals surface area contributed by atoms with E-state index in [2.05, 4.69) is 12.2 Å². The van der Waals surface area contributed by atoms with Crippen molar-refractivity contribution in [3.63, 3.8) is 0 Å². The van der Waals surface area contributed by atoms with E-state index in [0.29, 0.717) is 6.54 Å². The predicted octanol–water partition coefficient (Wildman–Crippen LogP) is 3.92. The average Bonchev–Trinajstić information content (AvgIpc) is 2.52. The molecule has 0 radical (unpaired) electrons. The zero-order chi connectivity index (χ0) is 18.1. The van der Waals surface area contributed by atoms with Crippen molar-refractivity contribution in [2.24, 2.45) is 0 Å². The van der Waals surface area contributed by atoms with E-state index in [4.69, 9.17) is 4.55 Å². The zero-order valence-electron chi connectivity index (χ0n) is 15.5. The van der Waals surface area contributed by atoms with Crippen molar-refractivity contribution in [3.05, 3.63) is 0 Å². The summed E-state index contributed by atoms with van der Waals surface area (Å²) in [4.78, 5) is 0. The molecular weight excluding hydrogens is 326 g/mol. The molecule has 146 valence electrons. The van der Waals surface area contributed by atoms with Crippen LogP contribution in [0.15, 0.2) is 0 Å². The molecule has 0 amide bonds. The van der Waals surface area contributed by atoms with E-state index in [9.17, 15) is 13.5 Å². The predicted molar refractivity (Wildman–Crippen MR) is 101 cm³/mol. The van der Waals surface area contributed by atoms with E-state index in [1.165, 1.54) is 64.2 Å². The van der Waals surface area contributed by atoms with Gasteiger partial charge in [0, 0.05) is 13.1 Å². The van der Waals surface area contributed by atoms with Crippen LogP contribution in [0.1, 0.15) is 90.4 Å². The second-order valence-corrected chi connectivity index (χ2v) is 8.39. The van der Waals surface area contributed by atoms with Gasteiger partial charge in [-0.15, -0.1) is 0 Å². The van der Waals surface area contributed by atoms with Crippen molar-refractivity contribution in [3.8, 4) is 0 Å². The molecule has 0 bridgehead atoms. The third-order valence-corrected chi connectivity index (χ3v) is 5.03. The summed E-state index contributed by atoms with van der Waals surface area (Å²) in [5.74, 6) is -0.307. The Hall–Kier alpha value is -0.170. The van der Waals surface area contributed by atoms with Gasteiger partial charge in [0.05, 0.1) is 11.9 Å². The lowest BCUT2D eigenvalue weighted by molar-refractivity contribution is 0.158. The molecule has 0 spiro atoms. The number of aliphatic hydroxyl groups is 1. The minimum atomic E-state index is -3.91. The summed E-state index contributed by atoms with van der Waals surface area (Å²) < 4.78 is 29.6. The van der Waals surface area contributed by atoms with Crippen LogP contribution < -0.4 is 5.32 Å². The van der Waals surface area contributed by atoms with E-state index in [0.717, 1.165) is 19.3 Å². The highest BCUT2D eigenvalue weighted by atomic mass is 32.2. The maximum Gasteiger partial charge on any atom is 0.266 e. The molecule has 0 aromatic carbocycles. The number of hydrogen-bond donors (Lipinski definition) is 3. The van der Waals surface area contributed by atoms with Gasteiger partial charge in [-0.05, 0) is 6.42 Å². The maximum absolute atomic E-state index is 10.5. The second kappa shape index (κ2) is 16.3. The molecule has 1 atom stereocenters. The molecule has 0 heterocycles. The van der Waals surface area contributed by atoms with E-state index in [-0.39, 0.29) is 12.3 Å². The van der Waals surface area contributed by atoms with Crippen molar-refractivity contribution in [2.45, 2.75) is 96.5 Å². The monoisotopic (exact) mass is 365 g/mol.